The standard InChI is InChI=1S/C14H12N2OS2/c17-13-10-19-14(15-9-12-7-4-8-18-12)16(13)11-5-2-1-3-6-11/h1-8H,9-10H2. The third kappa shape index (κ3) is 2.72. The number of benzene rings is 1. The van der Waals surface area contributed by atoms with Gasteiger partial charge < -0.3 is 0 Å². The zero-order valence-corrected chi connectivity index (χ0v) is 11.8. The number of thiophene rings is 1. The average molecular weight is 288 g/mol. The van der Waals surface area contributed by atoms with Crippen LogP contribution in [-0.4, -0.2) is 16.8 Å². The predicted molar refractivity (Wildman–Crippen MR) is 81.8 cm³/mol. The number of thioether (sulfide) groups is 1. The van der Waals surface area contributed by atoms with Gasteiger partial charge in [0.25, 0.3) is 0 Å². The van der Waals surface area contributed by atoms with Gasteiger partial charge in [-0.05, 0) is 23.6 Å². The Hall–Kier alpha value is -1.59. The van der Waals surface area contributed by atoms with Gasteiger partial charge in [0.1, 0.15) is 0 Å². The van der Waals surface area contributed by atoms with Gasteiger partial charge in [0.05, 0.1) is 18.0 Å². The Labute approximate surface area is 120 Å². The van der Waals surface area contributed by atoms with Crippen molar-refractivity contribution < 1.29 is 4.79 Å². The van der Waals surface area contributed by atoms with Gasteiger partial charge in [0.2, 0.25) is 5.91 Å². The normalized spacial score (nSPS) is 17.4. The summed E-state index contributed by atoms with van der Waals surface area (Å²) in [5, 5.41) is 2.84. The summed E-state index contributed by atoms with van der Waals surface area (Å²) in [6, 6.07) is 13.8. The van der Waals surface area contributed by atoms with Gasteiger partial charge in [-0.1, -0.05) is 36.0 Å². The number of amidine groups is 1. The van der Waals surface area contributed by atoms with E-state index < -0.39 is 0 Å². The van der Waals surface area contributed by atoms with E-state index in [4.69, 9.17) is 0 Å². The van der Waals surface area contributed by atoms with E-state index in [0.29, 0.717) is 12.3 Å². The number of carbonyl (C=O) groups excluding carboxylic acids is 1. The first-order chi connectivity index (χ1) is 9.34. The van der Waals surface area contributed by atoms with Gasteiger partial charge >= 0.3 is 0 Å². The maximum atomic E-state index is 12.0. The maximum Gasteiger partial charge on any atom is 0.243 e. The van der Waals surface area contributed by atoms with Gasteiger partial charge in [-0.2, -0.15) is 0 Å². The van der Waals surface area contributed by atoms with Crippen molar-refractivity contribution in [2.24, 2.45) is 4.99 Å². The number of hydrogen-bond acceptors (Lipinski definition) is 4. The van der Waals surface area contributed by atoms with Crippen LogP contribution in [0.2, 0.25) is 0 Å². The van der Waals surface area contributed by atoms with Gasteiger partial charge in [-0.25, -0.2) is 0 Å². The molecule has 3 rings (SSSR count). The molecule has 1 aromatic heterocycles. The third-order valence-electron chi connectivity index (χ3n) is 2.73. The molecule has 0 bridgehead atoms. The summed E-state index contributed by atoms with van der Waals surface area (Å²) in [4.78, 5) is 19.5. The largest absolute Gasteiger partial charge is 0.273 e. The SMILES string of the molecule is O=C1CSC(=NCc2cccs2)N1c1ccccc1. The number of anilines is 1. The molecule has 1 fully saturated rings. The van der Waals surface area contributed by atoms with E-state index in [1.807, 2.05) is 41.8 Å². The van der Waals surface area contributed by atoms with Crippen LogP contribution in [0.1, 0.15) is 4.88 Å². The molecule has 19 heavy (non-hydrogen) atoms. The highest BCUT2D eigenvalue weighted by atomic mass is 32.2. The van der Waals surface area contributed by atoms with E-state index in [9.17, 15) is 4.79 Å². The lowest BCUT2D eigenvalue weighted by Gasteiger charge is -2.15. The molecule has 1 amide bonds. The maximum absolute atomic E-state index is 12.0. The summed E-state index contributed by atoms with van der Waals surface area (Å²) in [5.41, 5.74) is 0.891. The van der Waals surface area contributed by atoms with Crippen molar-refractivity contribution in [3.05, 3.63) is 52.7 Å². The molecule has 0 aliphatic carbocycles. The second-order valence-electron chi connectivity index (χ2n) is 4.03. The molecule has 1 aromatic carbocycles. The lowest BCUT2D eigenvalue weighted by atomic mass is 10.3. The highest BCUT2D eigenvalue weighted by Crippen LogP contribution is 2.27. The lowest BCUT2D eigenvalue weighted by molar-refractivity contribution is -0.115. The van der Waals surface area contributed by atoms with Crippen LogP contribution in [0.4, 0.5) is 5.69 Å². The lowest BCUT2D eigenvalue weighted by Crippen LogP contribution is -2.29. The van der Waals surface area contributed by atoms with Gasteiger partial charge in [-0.15, -0.1) is 11.3 Å². The number of hydrogen-bond donors (Lipinski definition) is 0. The summed E-state index contributed by atoms with van der Waals surface area (Å²) < 4.78 is 0. The molecule has 1 saturated heterocycles. The molecule has 0 saturated carbocycles. The molecular weight excluding hydrogens is 276 g/mol. The van der Waals surface area contributed by atoms with Crippen LogP contribution in [0, 0.1) is 0 Å². The predicted octanol–water partition coefficient (Wildman–Crippen LogP) is 3.38. The number of aliphatic imine (C=N–C) groups is 1. The summed E-state index contributed by atoms with van der Waals surface area (Å²) in [5.74, 6) is 0.569. The minimum absolute atomic E-state index is 0.0983. The van der Waals surface area contributed by atoms with Crippen molar-refractivity contribution in [3.8, 4) is 0 Å². The molecule has 0 N–H and O–H groups in total. The number of rotatable bonds is 3. The van der Waals surface area contributed by atoms with Crippen LogP contribution in [0.25, 0.3) is 0 Å². The summed E-state index contributed by atoms with van der Waals surface area (Å²) >= 11 is 3.19. The molecule has 1 aliphatic rings. The molecule has 5 heteroatoms. The fourth-order valence-electron chi connectivity index (χ4n) is 1.86. The smallest absolute Gasteiger partial charge is 0.243 e. The molecule has 0 radical (unpaired) electrons. The van der Waals surface area contributed by atoms with Crippen molar-refractivity contribution in [3.63, 3.8) is 0 Å². The highest BCUT2D eigenvalue weighted by Gasteiger charge is 2.29. The zero-order valence-electron chi connectivity index (χ0n) is 10.2. The first-order valence-electron chi connectivity index (χ1n) is 5.92. The molecule has 3 nitrogen and oxygen atoms in total. The van der Waals surface area contributed by atoms with Crippen molar-refractivity contribution in [2.75, 3.05) is 10.7 Å². The second kappa shape index (κ2) is 5.59. The Bertz CT molecular complexity index is 593. The first-order valence-corrected chi connectivity index (χ1v) is 7.79. The number of carbonyl (C=O) groups is 1. The average Bonchev–Trinajstić information content (AvgIpc) is 3.07. The van der Waals surface area contributed by atoms with Crippen molar-refractivity contribution in [1.29, 1.82) is 0 Å². The quantitative estimate of drug-likeness (QED) is 0.867. The Morgan fingerprint density at radius 2 is 2.00 bits per heavy atom. The molecular formula is C14H12N2OS2. The third-order valence-corrected chi connectivity index (χ3v) is 4.55. The minimum atomic E-state index is 0.0983. The van der Waals surface area contributed by atoms with Crippen molar-refractivity contribution in [1.82, 2.24) is 0 Å². The van der Waals surface area contributed by atoms with Gasteiger partial charge in [0.15, 0.2) is 5.17 Å². The molecule has 0 unspecified atom stereocenters. The van der Waals surface area contributed by atoms with Crippen LogP contribution in [-0.2, 0) is 11.3 Å². The van der Waals surface area contributed by atoms with Gasteiger partial charge in [0, 0.05) is 4.88 Å². The van der Waals surface area contributed by atoms with Crippen molar-refractivity contribution in [2.45, 2.75) is 6.54 Å². The fourth-order valence-corrected chi connectivity index (χ4v) is 3.36. The summed E-state index contributed by atoms with van der Waals surface area (Å²) in [7, 11) is 0. The van der Waals surface area contributed by atoms with E-state index in [1.165, 1.54) is 16.6 Å². The molecule has 2 heterocycles. The Balaban J connectivity index is 1.84. The topological polar surface area (TPSA) is 32.7 Å². The second-order valence-corrected chi connectivity index (χ2v) is 6.01. The van der Waals surface area contributed by atoms with E-state index in [2.05, 4.69) is 11.1 Å². The summed E-state index contributed by atoms with van der Waals surface area (Å²) in [6.45, 7) is 0.636. The Morgan fingerprint density at radius 1 is 1.16 bits per heavy atom. The molecule has 0 spiro atoms. The van der Waals surface area contributed by atoms with Crippen LogP contribution in [0.15, 0.2) is 52.8 Å². The number of nitrogens with zero attached hydrogens (tertiary/aromatic N) is 2. The zero-order chi connectivity index (χ0) is 13.1. The molecule has 2 aromatic rings. The highest BCUT2D eigenvalue weighted by molar-refractivity contribution is 8.15. The monoisotopic (exact) mass is 288 g/mol. The first kappa shape index (κ1) is 12.4. The minimum Gasteiger partial charge on any atom is -0.273 e. The van der Waals surface area contributed by atoms with Crippen LogP contribution >= 0.6 is 23.1 Å². The van der Waals surface area contributed by atoms with Gasteiger partial charge in [-0.3, -0.25) is 14.7 Å². The van der Waals surface area contributed by atoms with E-state index in [1.54, 1.807) is 16.2 Å². The van der Waals surface area contributed by atoms with E-state index in [0.717, 1.165) is 10.9 Å². The Kier molecular flexibility index (Phi) is 3.66. The number of para-hydroxylation sites is 1. The van der Waals surface area contributed by atoms with E-state index in [-0.39, 0.29) is 5.91 Å². The molecule has 96 valence electrons. The summed E-state index contributed by atoms with van der Waals surface area (Å²) in [6.07, 6.45) is 0. The van der Waals surface area contributed by atoms with Crippen LogP contribution < -0.4 is 4.90 Å². The molecule has 0 atom stereocenters. The fraction of sp³-hybridized carbons (Fsp3) is 0.143. The van der Waals surface area contributed by atoms with Crippen LogP contribution in [0.3, 0.4) is 0 Å². The Morgan fingerprint density at radius 3 is 2.74 bits per heavy atom. The van der Waals surface area contributed by atoms with Crippen molar-refractivity contribution >= 4 is 39.9 Å². The van der Waals surface area contributed by atoms with Crippen LogP contribution in [0.5, 0.6) is 0 Å². The van der Waals surface area contributed by atoms with E-state index >= 15 is 0 Å². The number of amides is 1. The molecule has 1 aliphatic heterocycles.